The van der Waals surface area contributed by atoms with Gasteiger partial charge in [0.1, 0.15) is 6.10 Å². The molecule has 0 aromatic rings. The number of hydrogen-bond acceptors (Lipinski definition) is 5. The van der Waals surface area contributed by atoms with Crippen LogP contribution in [0.1, 0.15) is 194 Å². The molecule has 0 fully saturated rings. The molecule has 0 spiro atoms. The van der Waals surface area contributed by atoms with Crippen molar-refractivity contribution in [2.75, 3.05) is 6.61 Å². The fourth-order valence-electron chi connectivity index (χ4n) is 5.45. The van der Waals surface area contributed by atoms with Crippen molar-refractivity contribution in [1.82, 2.24) is 0 Å². The van der Waals surface area contributed by atoms with Crippen LogP contribution in [0, 0.1) is 0 Å². The van der Waals surface area contributed by atoms with Gasteiger partial charge in [0.25, 0.3) is 0 Å². The Morgan fingerprint density at radius 2 is 0.905 bits per heavy atom. The third-order valence-electron chi connectivity index (χ3n) is 8.28. The van der Waals surface area contributed by atoms with Crippen molar-refractivity contribution in [3.8, 4) is 0 Å². The van der Waals surface area contributed by atoms with E-state index in [1.54, 1.807) is 0 Å². The number of rotatable bonds is 33. The molecule has 0 radical (unpaired) electrons. The lowest BCUT2D eigenvalue weighted by Gasteiger charge is -2.20. The average molecular weight is 595 g/mol. The van der Waals surface area contributed by atoms with Crippen molar-refractivity contribution in [3.05, 3.63) is 12.2 Å². The third kappa shape index (κ3) is 27.6. The lowest BCUT2D eigenvalue weighted by molar-refractivity contribution is -0.163. The number of allylic oxidation sites excluding steroid dienone is 2. The van der Waals surface area contributed by atoms with Crippen LogP contribution in [0.5, 0.6) is 0 Å². The second-order valence-electron chi connectivity index (χ2n) is 12.5. The fourth-order valence-corrected chi connectivity index (χ4v) is 5.45. The number of carbonyl (C=O) groups is 2. The van der Waals surface area contributed by atoms with Crippen molar-refractivity contribution in [2.24, 2.45) is 0 Å². The van der Waals surface area contributed by atoms with E-state index < -0.39 is 24.8 Å². The van der Waals surface area contributed by atoms with Crippen LogP contribution in [0.15, 0.2) is 12.2 Å². The number of ether oxygens (including phenoxy) is 1. The van der Waals surface area contributed by atoms with E-state index in [9.17, 15) is 19.8 Å². The number of aliphatic hydroxyl groups excluding tert-OH is 2. The topological polar surface area (TPSA) is 83.8 Å². The third-order valence-corrected chi connectivity index (χ3v) is 8.28. The minimum Gasteiger partial charge on any atom is -0.451 e. The van der Waals surface area contributed by atoms with Gasteiger partial charge >= 0.3 is 5.97 Å². The number of Topliss-reactive ketones (excluding diaryl/α,β-unsaturated/α-hetero) is 1. The molecule has 42 heavy (non-hydrogen) atoms. The highest BCUT2D eigenvalue weighted by Gasteiger charge is 2.29. The summed E-state index contributed by atoms with van der Waals surface area (Å²) in [6.07, 6.45) is 34.0. The molecule has 0 aliphatic heterocycles. The summed E-state index contributed by atoms with van der Waals surface area (Å²) in [5.74, 6) is -0.735. The van der Waals surface area contributed by atoms with Crippen LogP contribution in [-0.4, -0.2) is 40.8 Å². The first-order valence-electron chi connectivity index (χ1n) is 18.2. The van der Waals surface area contributed by atoms with Crippen molar-refractivity contribution < 1.29 is 24.5 Å². The molecule has 0 aliphatic rings. The summed E-state index contributed by atoms with van der Waals surface area (Å²) < 4.78 is 5.34. The van der Waals surface area contributed by atoms with E-state index in [-0.39, 0.29) is 18.6 Å². The standard InChI is InChI=1S/C37H70O5/c1-3-5-7-9-11-13-15-17-18-20-21-23-25-27-29-31-34(39)37(35(40)33-38)42-36(41)32-30-28-26-24-22-19-16-14-12-10-8-6-4-2/h17-18,35,37-38,40H,3-16,19-33H2,1-2H3/b18-17-/t35-,37+/m0/s1. The summed E-state index contributed by atoms with van der Waals surface area (Å²) in [7, 11) is 0. The Balaban J connectivity index is 3.83. The van der Waals surface area contributed by atoms with Crippen LogP contribution < -0.4 is 0 Å². The predicted octanol–water partition coefficient (Wildman–Crippen LogP) is 10.3. The van der Waals surface area contributed by atoms with E-state index in [4.69, 9.17) is 4.74 Å². The van der Waals surface area contributed by atoms with Crippen LogP contribution >= 0.6 is 0 Å². The van der Waals surface area contributed by atoms with Crippen LogP contribution in [0.3, 0.4) is 0 Å². The van der Waals surface area contributed by atoms with Crippen LogP contribution in [-0.2, 0) is 14.3 Å². The first-order chi connectivity index (χ1) is 20.6. The smallest absolute Gasteiger partial charge is 0.306 e. The molecule has 5 heteroatoms. The van der Waals surface area contributed by atoms with Gasteiger partial charge in [-0.05, 0) is 38.5 Å². The Kier molecular flexibility index (Phi) is 31.8. The lowest BCUT2D eigenvalue weighted by Crippen LogP contribution is -2.40. The zero-order chi connectivity index (χ0) is 30.9. The van der Waals surface area contributed by atoms with Crippen molar-refractivity contribution in [3.63, 3.8) is 0 Å². The molecule has 2 atom stereocenters. The zero-order valence-electron chi connectivity index (χ0n) is 27.9. The van der Waals surface area contributed by atoms with E-state index in [2.05, 4.69) is 26.0 Å². The van der Waals surface area contributed by atoms with Crippen molar-refractivity contribution in [2.45, 2.75) is 206 Å². The maximum Gasteiger partial charge on any atom is 0.306 e. The Morgan fingerprint density at radius 3 is 1.31 bits per heavy atom. The molecule has 0 aromatic carbocycles. The highest BCUT2D eigenvalue weighted by atomic mass is 16.6. The van der Waals surface area contributed by atoms with Crippen LogP contribution in [0.2, 0.25) is 0 Å². The highest BCUT2D eigenvalue weighted by molar-refractivity contribution is 5.86. The summed E-state index contributed by atoms with van der Waals surface area (Å²) in [4.78, 5) is 25.0. The summed E-state index contributed by atoms with van der Waals surface area (Å²) in [6, 6.07) is 0. The molecule has 5 nitrogen and oxygen atoms in total. The molecule has 0 unspecified atom stereocenters. The molecule has 0 amide bonds. The van der Waals surface area contributed by atoms with E-state index in [1.807, 2.05) is 0 Å². The Morgan fingerprint density at radius 1 is 0.548 bits per heavy atom. The Labute approximate surface area is 260 Å². The van der Waals surface area contributed by atoms with Gasteiger partial charge in [0.15, 0.2) is 11.9 Å². The summed E-state index contributed by atoms with van der Waals surface area (Å²) in [5.41, 5.74) is 0. The first-order valence-corrected chi connectivity index (χ1v) is 18.2. The van der Waals surface area contributed by atoms with Gasteiger partial charge in [0.05, 0.1) is 6.61 Å². The Bertz CT molecular complexity index is 617. The molecule has 0 heterocycles. The monoisotopic (exact) mass is 595 g/mol. The van der Waals surface area contributed by atoms with Gasteiger partial charge in [0, 0.05) is 12.8 Å². The average Bonchev–Trinajstić information content (AvgIpc) is 2.99. The van der Waals surface area contributed by atoms with E-state index in [0.717, 1.165) is 51.4 Å². The molecule has 0 aromatic heterocycles. The first kappa shape index (κ1) is 40.8. The molecular formula is C37H70O5. The number of aliphatic hydroxyl groups is 2. The highest BCUT2D eigenvalue weighted by Crippen LogP contribution is 2.15. The van der Waals surface area contributed by atoms with Crippen LogP contribution in [0.4, 0.5) is 0 Å². The second kappa shape index (κ2) is 32.7. The largest absolute Gasteiger partial charge is 0.451 e. The normalized spacial score (nSPS) is 13.0. The van der Waals surface area contributed by atoms with Gasteiger partial charge in [-0.1, -0.05) is 154 Å². The minimum atomic E-state index is -1.35. The zero-order valence-corrected chi connectivity index (χ0v) is 27.9. The maximum absolute atomic E-state index is 12.6. The van der Waals surface area contributed by atoms with Gasteiger partial charge in [-0.25, -0.2) is 0 Å². The molecule has 0 saturated carbocycles. The Hall–Kier alpha value is -1.20. The van der Waals surface area contributed by atoms with E-state index >= 15 is 0 Å². The minimum absolute atomic E-state index is 0.257. The van der Waals surface area contributed by atoms with Gasteiger partial charge in [-0.2, -0.15) is 0 Å². The number of esters is 1. The molecule has 0 saturated heterocycles. The van der Waals surface area contributed by atoms with Gasteiger partial charge in [-0.3, -0.25) is 9.59 Å². The number of ketones is 1. The summed E-state index contributed by atoms with van der Waals surface area (Å²) >= 11 is 0. The fraction of sp³-hybridized carbons (Fsp3) is 0.892. The molecule has 2 N–H and O–H groups in total. The quantitative estimate of drug-likeness (QED) is 0.0448. The lowest BCUT2D eigenvalue weighted by atomic mass is 10.0. The summed E-state index contributed by atoms with van der Waals surface area (Å²) in [5, 5.41) is 19.5. The summed E-state index contributed by atoms with van der Waals surface area (Å²) in [6.45, 7) is 3.92. The van der Waals surface area contributed by atoms with E-state index in [1.165, 1.54) is 116 Å². The number of carbonyl (C=O) groups excluding carboxylic acids is 2. The van der Waals surface area contributed by atoms with Gasteiger partial charge < -0.3 is 14.9 Å². The predicted molar refractivity (Wildman–Crippen MR) is 178 cm³/mol. The molecular weight excluding hydrogens is 524 g/mol. The van der Waals surface area contributed by atoms with Crippen molar-refractivity contribution >= 4 is 11.8 Å². The number of unbranched alkanes of at least 4 members (excludes halogenated alkanes) is 23. The molecule has 248 valence electrons. The van der Waals surface area contributed by atoms with E-state index in [0.29, 0.717) is 0 Å². The molecule has 0 rings (SSSR count). The molecule has 0 bridgehead atoms. The van der Waals surface area contributed by atoms with Crippen molar-refractivity contribution in [1.29, 1.82) is 0 Å². The van der Waals surface area contributed by atoms with Gasteiger partial charge in [-0.15, -0.1) is 0 Å². The van der Waals surface area contributed by atoms with Crippen LogP contribution in [0.25, 0.3) is 0 Å². The van der Waals surface area contributed by atoms with Gasteiger partial charge in [0.2, 0.25) is 0 Å². The number of hydrogen-bond donors (Lipinski definition) is 2. The SMILES string of the molecule is CCCCCCCC/C=C\CCCCCCCC(=O)[C@@H](OC(=O)CCCCCCCCCCCCCCC)[C@@H](O)CO. The maximum atomic E-state index is 12.6. The molecule has 0 aliphatic carbocycles. The second-order valence-corrected chi connectivity index (χ2v) is 12.5.